The predicted molar refractivity (Wildman–Crippen MR) is 118 cm³/mol. The van der Waals surface area contributed by atoms with Crippen molar-refractivity contribution in [1.29, 1.82) is 0 Å². The van der Waals surface area contributed by atoms with Gasteiger partial charge in [0.2, 0.25) is 0 Å². The first-order valence-corrected chi connectivity index (χ1v) is 13.2. The highest BCUT2D eigenvalue weighted by molar-refractivity contribution is 6.77. The molecule has 1 aliphatic carbocycles. The van der Waals surface area contributed by atoms with Crippen molar-refractivity contribution in [1.82, 2.24) is 10.3 Å². The van der Waals surface area contributed by atoms with Crippen molar-refractivity contribution < 1.29 is 0 Å². The minimum absolute atomic E-state index is 0.135. The summed E-state index contributed by atoms with van der Waals surface area (Å²) >= 11 is 0. The molecule has 3 heteroatoms. The Labute approximate surface area is 165 Å². The lowest BCUT2D eigenvalue weighted by Crippen LogP contribution is -2.58. The van der Waals surface area contributed by atoms with Gasteiger partial charge in [0.15, 0.2) is 0 Å². The Bertz CT molecular complexity index is 876. The molecule has 0 saturated heterocycles. The van der Waals surface area contributed by atoms with Crippen molar-refractivity contribution in [2.24, 2.45) is 0 Å². The Balaban J connectivity index is 1.67. The maximum absolute atomic E-state index is 4.03. The van der Waals surface area contributed by atoms with Crippen molar-refractivity contribution in [3.8, 4) is 0 Å². The molecule has 2 aliphatic rings. The third-order valence-electron chi connectivity index (χ3n) is 5.85. The summed E-state index contributed by atoms with van der Waals surface area (Å²) < 4.78 is 0. The summed E-state index contributed by atoms with van der Waals surface area (Å²) in [6.07, 6.45) is 3.57. The number of nitrogens with one attached hydrogen (secondary N) is 2. The van der Waals surface area contributed by atoms with Gasteiger partial charge in [0.25, 0.3) is 0 Å². The molecule has 2 N–H and O–H groups in total. The van der Waals surface area contributed by atoms with E-state index in [4.69, 9.17) is 0 Å². The average molecular weight is 377 g/mol. The molecule has 4 rings (SSSR count). The molecule has 2 aromatic carbocycles. The summed E-state index contributed by atoms with van der Waals surface area (Å²) in [6, 6.07) is 18.3. The molecular weight excluding hydrogens is 344 g/mol. The van der Waals surface area contributed by atoms with Gasteiger partial charge in [-0.25, -0.2) is 0 Å². The van der Waals surface area contributed by atoms with E-state index in [0.29, 0.717) is 11.6 Å². The molecule has 0 fully saturated rings. The first kappa shape index (κ1) is 18.7. The van der Waals surface area contributed by atoms with Crippen LogP contribution in [0.3, 0.4) is 0 Å². The van der Waals surface area contributed by atoms with Gasteiger partial charge in [-0.2, -0.15) is 0 Å². The summed E-state index contributed by atoms with van der Waals surface area (Å²) in [7, 11) is -1.73. The highest BCUT2D eigenvalue weighted by atomic mass is 28.3. The highest BCUT2D eigenvalue weighted by Gasteiger charge is 2.42. The molecule has 2 unspecified atom stereocenters. The SMILES string of the molecule is CC(C)(C)N[Si](C)(C)C1C(CC2NCc3ccccc32)=Cc2ccccc21. The van der Waals surface area contributed by atoms with Crippen molar-refractivity contribution in [2.45, 2.75) is 64.0 Å². The summed E-state index contributed by atoms with van der Waals surface area (Å²) in [4.78, 5) is 4.03. The molecule has 0 bridgehead atoms. The van der Waals surface area contributed by atoms with Gasteiger partial charge in [0.05, 0.1) is 0 Å². The van der Waals surface area contributed by atoms with Gasteiger partial charge in [-0.05, 0) is 49.4 Å². The van der Waals surface area contributed by atoms with Crippen LogP contribution in [0, 0.1) is 0 Å². The van der Waals surface area contributed by atoms with Crippen LogP contribution in [-0.2, 0) is 6.54 Å². The maximum atomic E-state index is 4.03. The van der Waals surface area contributed by atoms with Crippen LogP contribution >= 0.6 is 0 Å². The molecule has 1 aliphatic heterocycles. The Kier molecular flexibility index (Phi) is 4.65. The molecule has 2 aromatic rings. The van der Waals surface area contributed by atoms with E-state index in [1.54, 1.807) is 5.57 Å². The zero-order valence-corrected chi connectivity index (χ0v) is 18.3. The molecule has 2 nitrogen and oxygen atoms in total. The molecule has 0 aromatic heterocycles. The minimum atomic E-state index is -1.73. The van der Waals surface area contributed by atoms with Crippen LogP contribution in [0.2, 0.25) is 13.1 Å². The number of hydrogen-bond donors (Lipinski definition) is 2. The normalized spacial score (nSPS) is 21.7. The quantitative estimate of drug-likeness (QED) is 0.685. The number of fused-ring (bicyclic) bond motifs is 2. The first-order valence-electron chi connectivity index (χ1n) is 10.1. The fourth-order valence-corrected chi connectivity index (χ4v) is 9.50. The molecule has 27 heavy (non-hydrogen) atoms. The van der Waals surface area contributed by atoms with Crippen LogP contribution in [0.15, 0.2) is 54.1 Å². The van der Waals surface area contributed by atoms with Crippen LogP contribution in [0.1, 0.15) is 61.0 Å². The Hall–Kier alpha value is -1.68. The third-order valence-corrected chi connectivity index (χ3v) is 9.37. The smallest absolute Gasteiger partial charge is 0.131 e. The Morgan fingerprint density at radius 2 is 1.67 bits per heavy atom. The van der Waals surface area contributed by atoms with Gasteiger partial charge in [-0.3, -0.25) is 0 Å². The van der Waals surface area contributed by atoms with Gasteiger partial charge in [0.1, 0.15) is 8.24 Å². The molecule has 142 valence electrons. The first-order chi connectivity index (χ1) is 12.7. The molecule has 1 heterocycles. The maximum Gasteiger partial charge on any atom is 0.131 e. The third kappa shape index (κ3) is 3.69. The summed E-state index contributed by atoms with van der Waals surface area (Å²) in [5.74, 6) is 0. The van der Waals surface area contributed by atoms with E-state index in [1.807, 2.05) is 0 Å². The van der Waals surface area contributed by atoms with Crippen molar-refractivity contribution in [3.63, 3.8) is 0 Å². The van der Waals surface area contributed by atoms with E-state index < -0.39 is 8.24 Å². The summed E-state index contributed by atoms with van der Waals surface area (Å²) in [5.41, 5.74) is 8.14. The second kappa shape index (κ2) is 6.73. The highest BCUT2D eigenvalue weighted by Crippen LogP contribution is 2.46. The fourth-order valence-electron chi connectivity index (χ4n) is 5.25. The Morgan fingerprint density at radius 1 is 1.00 bits per heavy atom. The van der Waals surface area contributed by atoms with Crippen LogP contribution in [-0.4, -0.2) is 13.8 Å². The minimum Gasteiger partial charge on any atom is -0.332 e. The lowest BCUT2D eigenvalue weighted by atomic mass is 9.97. The van der Waals surface area contributed by atoms with E-state index in [-0.39, 0.29) is 5.54 Å². The molecule has 2 atom stereocenters. The standard InChI is InChI=1S/C24H32N2Si/c1-24(2,3)26-27(4,5)23-19(14-17-10-6-9-13-21(17)23)15-22-20-12-8-7-11-18(20)16-25-22/h6-14,22-23,25-26H,15-16H2,1-5H3. The second-order valence-corrected chi connectivity index (χ2v) is 14.0. The van der Waals surface area contributed by atoms with Crippen molar-refractivity contribution >= 4 is 14.3 Å². The van der Waals surface area contributed by atoms with Gasteiger partial charge < -0.3 is 10.3 Å². The van der Waals surface area contributed by atoms with Crippen LogP contribution in [0.4, 0.5) is 0 Å². The summed E-state index contributed by atoms with van der Waals surface area (Å²) in [6.45, 7) is 12.9. The van der Waals surface area contributed by atoms with Crippen LogP contribution in [0.5, 0.6) is 0 Å². The molecular formula is C24H32N2Si. The van der Waals surface area contributed by atoms with E-state index in [0.717, 1.165) is 13.0 Å². The lowest BCUT2D eigenvalue weighted by molar-refractivity contribution is 0.506. The van der Waals surface area contributed by atoms with E-state index in [2.05, 4.69) is 98.8 Å². The molecule has 0 amide bonds. The Morgan fingerprint density at radius 3 is 2.41 bits per heavy atom. The average Bonchev–Trinajstić information content (AvgIpc) is 3.14. The zero-order valence-electron chi connectivity index (χ0n) is 17.3. The van der Waals surface area contributed by atoms with Crippen LogP contribution < -0.4 is 10.3 Å². The lowest BCUT2D eigenvalue weighted by Gasteiger charge is -2.39. The molecule has 0 saturated carbocycles. The van der Waals surface area contributed by atoms with E-state index >= 15 is 0 Å². The number of benzene rings is 2. The largest absolute Gasteiger partial charge is 0.332 e. The number of rotatable bonds is 4. The van der Waals surface area contributed by atoms with Gasteiger partial charge >= 0.3 is 0 Å². The monoisotopic (exact) mass is 376 g/mol. The molecule has 0 spiro atoms. The fraction of sp³-hybridized carbons (Fsp3) is 0.417. The summed E-state index contributed by atoms with van der Waals surface area (Å²) in [5, 5.41) is 3.75. The van der Waals surface area contributed by atoms with E-state index in [1.165, 1.54) is 22.3 Å². The van der Waals surface area contributed by atoms with Gasteiger partial charge in [-0.15, -0.1) is 0 Å². The predicted octanol–water partition coefficient (Wildman–Crippen LogP) is 5.53. The van der Waals surface area contributed by atoms with E-state index in [9.17, 15) is 0 Å². The van der Waals surface area contributed by atoms with Gasteiger partial charge in [0, 0.05) is 23.7 Å². The zero-order chi connectivity index (χ0) is 19.2. The van der Waals surface area contributed by atoms with Crippen LogP contribution in [0.25, 0.3) is 6.08 Å². The second-order valence-electron chi connectivity index (χ2n) is 9.71. The molecule has 0 radical (unpaired) electrons. The van der Waals surface area contributed by atoms with Gasteiger partial charge in [-0.1, -0.05) is 73.3 Å². The topological polar surface area (TPSA) is 24.1 Å². The van der Waals surface area contributed by atoms with Crippen molar-refractivity contribution in [2.75, 3.05) is 0 Å². The number of hydrogen-bond acceptors (Lipinski definition) is 2. The van der Waals surface area contributed by atoms with Crippen molar-refractivity contribution in [3.05, 3.63) is 76.4 Å².